The number of aromatic nitrogens is 3. The minimum atomic E-state index is 0.818. The van der Waals surface area contributed by atoms with Crippen molar-refractivity contribution < 1.29 is 0 Å². The molecule has 1 aliphatic rings. The molecule has 112 valence electrons. The van der Waals surface area contributed by atoms with Crippen LogP contribution in [-0.2, 0) is 6.54 Å². The van der Waals surface area contributed by atoms with Crippen LogP contribution in [0.3, 0.4) is 0 Å². The number of hydrogen-bond acceptors (Lipinski definition) is 6. The van der Waals surface area contributed by atoms with E-state index in [9.17, 15) is 0 Å². The number of aryl methyl sites for hydroxylation is 2. The molecule has 2 aromatic heterocycles. The zero-order valence-corrected chi connectivity index (χ0v) is 14.6. The van der Waals surface area contributed by atoms with Crippen molar-refractivity contribution in [2.45, 2.75) is 20.4 Å². The highest BCUT2D eigenvalue weighted by atomic mass is 79.9. The Labute approximate surface area is 137 Å². The van der Waals surface area contributed by atoms with Gasteiger partial charge in [0, 0.05) is 43.4 Å². The van der Waals surface area contributed by atoms with Gasteiger partial charge in [0.1, 0.15) is 5.01 Å². The van der Waals surface area contributed by atoms with Crippen LogP contribution in [0.4, 0.5) is 5.95 Å². The summed E-state index contributed by atoms with van der Waals surface area (Å²) in [5.41, 5.74) is 1.16. The normalized spacial score (nSPS) is 16.4. The number of halogens is 1. The van der Waals surface area contributed by atoms with Crippen LogP contribution < -0.4 is 4.90 Å². The molecule has 2 aromatic rings. The first-order valence-corrected chi connectivity index (χ1v) is 8.60. The van der Waals surface area contributed by atoms with E-state index in [1.807, 2.05) is 11.3 Å². The third kappa shape index (κ3) is 3.59. The monoisotopic (exact) mass is 367 g/mol. The first-order chi connectivity index (χ1) is 10.1. The molecule has 0 saturated carbocycles. The van der Waals surface area contributed by atoms with Gasteiger partial charge in [0.15, 0.2) is 0 Å². The predicted molar refractivity (Wildman–Crippen MR) is 88.8 cm³/mol. The van der Waals surface area contributed by atoms with Gasteiger partial charge in [-0.2, -0.15) is 0 Å². The van der Waals surface area contributed by atoms with Gasteiger partial charge in [0.05, 0.1) is 16.7 Å². The molecule has 1 saturated heterocycles. The quantitative estimate of drug-likeness (QED) is 0.834. The van der Waals surface area contributed by atoms with Crippen molar-refractivity contribution in [1.29, 1.82) is 0 Å². The molecular formula is C14H18BrN5S. The molecule has 0 N–H and O–H groups in total. The molecule has 5 nitrogen and oxygen atoms in total. The first-order valence-electron chi connectivity index (χ1n) is 6.99. The minimum Gasteiger partial charge on any atom is -0.338 e. The van der Waals surface area contributed by atoms with Crippen molar-refractivity contribution in [3.63, 3.8) is 0 Å². The fourth-order valence-electron chi connectivity index (χ4n) is 2.37. The molecule has 0 spiro atoms. The summed E-state index contributed by atoms with van der Waals surface area (Å²) in [5, 5.41) is 1.22. The zero-order valence-electron chi connectivity index (χ0n) is 12.2. The standard InChI is InChI=1S/C14H18BrN5S/c1-10-11(2)21-13(18-10)9-19-3-5-20(6-4-19)14-16-7-12(15)8-17-14/h7-8H,3-6,9H2,1-2H3. The second-order valence-electron chi connectivity index (χ2n) is 5.21. The highest BCUT2D eigenvalue weighted by Gasteiger charge is 2.20. The Hall–Kier alpha value is -1.05. The topological polar surface area (TPSA) is 45.2 Å². The van der Waals surface area contributed by atoms with Gasteiger partial charge in [0.2, 0.25) is 5.95 Å². The van der Waals surface area contributed by atoms with Crippen LogP contribution in [0, 0.1) is 13.8 Å². The van der Waals surface area contributed by atoms with Crippen molar-refractivity contribution in [3.8, 4) is 0 Å². The van der Waals surface area contributed by atoms with E-state index in [-0.39, 0.29) is 0 Å². The summed E-state index contributed by atoms with van der Waals surface area (Å²) in [4.78, 5) is 19.4. The second kappa shape index (κ2) is 6.37. The van der Waals surface area contributed by atoms with E-state index in [4.69, 9.17) is 0 Å². The molecule has 0 bridgehead atoms. The van der Waals surface area contributed by atoms with Crippen LogP contribution in [0.5, 0.6) is 0 Å². The molecule has 0 radical (unpaired) electrons. The number of piperazine rings is 1. The summed E-state index contributed by atoms with van der Waals surface area (Å²) < 4.78 is 0.916. The first kappa shape index (κ1) is 14.9. The SMILES string of the molecule is Cc1nc(CN2CCN(c3ncc(Br)cn3)CC2)sc1C. The molecule has 3 heterocycles. The van der Waals surface area contributed by atoms with Crippen LogP contribution in [-0.4, -0.2) is 46.0 Å². The molecule has 1 fully saturated rings. The van der Waals surface area contributed by atoms with E-state index in [1.165, 1.54) is 9.88 Å². The van der Waals surface area contributed by atoms with Gasteiger partial charge in [0.25, 0.3) is 0 Å². The van der Waals surface area contributed by atoms with Gasteiger partial charge in [-0.05, 0) is 29.8 Å². The maximum atomic E-state index is 4.62. The van der Waals surface area contributed by atoms with Gasteiger partial charge in [-0.1, -0.05) is 0 Å². The summed E-state index contributed by atoms with van der Waals surface area (Å²) in [6.45, 7) is 9.15. The number of anilines is 1. The van der Waals surface area contributed by atoms with Crippen LogP contribution in [0.25, 0.3) is 0 Å². The van der Waals surface area contributed by atoms with E-state index in [0.29, 0.717) is 0 Å². The Balaban J connectivity index is 1.56. The van der Waals surface area contributed by atoms with E-state index in [1.54, 1.807) is 12.4 Å². The number of nitrogens with zero attached hydrogens (tertiary/aromatic N) is 5. The smallest absolute Gasteiger partial charge is 0.225 e. The number of thiazole rings is 1. The van der Waals surface area contributed by atoms with E-state index >= 15 is 0 Å². The lowest BCUT2D eigenvalue weighted by atomic mass is 10.3. The van der Waals surface area contributed by atoms with Crippen LogP contribution >= 0.6 is 27.3 Å². The van der Waals surface area contributed by atoms with Gasteiger partial charge in [-0.15, -0.1) is 11.3 Å². The summed E-state index contributed by atoms with van der Waals surface area (Å²) in [5.74, 6) is 0.818. The third-order valence-corrected chi connectivity index (χ3v) is 5.16. The molecule has 0 amide bonds. The fourth-order valence-corrected chi connectivity index (χ4v) is 3.55. The van der Waals surface area contributed by atoms with E-state index in [0.717, 1.165) is 48.8 Å². The predicted octanol–water partition coefficient (Wildman–Crippen LogP) is 2.63. The van der Waals surface area contributed by atoms with Crippen molar-refractivity contribution in [2.75, 3.05) is 31.1 Å². The summed E-state index contributed by atoms with van der Waals surface area (Å²) in [6.07, 6.45) is 3.60. The molecule has 3 rings (SSSR count). The summed E-state index contributed by atoms with van der Waals surface area (Å²) >= 11 is 5.18. The lowest BCUT2D eigenvalue weighted by Crippen LogP contribution is -2.46. The van der Waals surface area contributed by atoms with Crippen LogP contribution in [0.15, 0.2) is 16.9 Å². The Kier molecular flexibility index (Phi) is 4.51. The molecule has 0 aromatic carbocycles. The maximum Gasteiger partial charge on any atom is 0.225 e. The third-order valence-electron chi connectivity index (χ3n) is 3.69. The molecule has 21 heavy (non-hydrogen) atoms. The highest BCUT2D eigenvalue weighted by molar-refractivity contribution is 9.10. The van der Waals surface area contributed by atoms with Gasteiger partial charge >= 0.3 is 0 Å². The van der Waals surface area contributed by atoms with Crippen molar-refractivity contribution in [3.05, 3.63) is 32.4 Å². The van der Waals surface area contributed by atoms with Gasteiger partial charge < -0.3 is 4.90 Å². The molecule has 0 aliphatic carbocycles. The highest BCUT2D eigenvalue weighted by Crippen LogP contribution is 2.19. The molecular weight excluding hydrogens is 350 g/mol. The maximum absolute atomic E-state index is 4.62. The van der Waals surface area contributed by atoms with E-state index in [2.05, 4.69) is 54.5 Å². The van der Waals surface area contributed by atoms with Crippen molar-refractivity contribution in [2.24, 2.45) is 0 Å². The zero-order chi connectivity index (χ0) is 14.8. The number of rotatable bonds is 3. The average Bonchev–Trinajstić information content (AvgIpc) is 2.79. The van der Waals surface area contributed by atoms with Crippen LogP contribution in [0.2, 0.25) is 0 Å². The van der Waals surface area contributed by atoms with Crippen molar-refractivity contribution in [1.82, 2.24) is 19.9 Å². The Morgan fingerprint density at radius 2 is 1.81 bits per heavy atom. The minimum absolute atomic E-state index is 0.818. The second-order valence-corrected chi connectivity index (χ2v) is 7.42. The molecule has 7 heteroatoms. The lowest BCUT2D eigenvalue weighted by molar-refractivity contribution is 0.248. The van der Waals surface area contributed by atoms with Crippen molar-refractivity contribution >= 4 is 33.2 Å². The molecule has 0 unspecified atom stereocenters. The van der Waals surface area contributed by atoms with Crippen LogP contribution in [0.1, 0.15) is 15.6 Å². The summed E-state index contributed by atoms with van der Waals surface area (Å²) in [7, 11) is 0. The Morgan fingerprint density at radius 1 is 1.14 bits per heavy atom. The molecule has 1 aliphatic heterocycles. The van der Waals surface area contributed by atoms with E-state index < -0.39 is 0 Å². The summed E-state index contributed by atoms with van der Waals surface area (Å²) in [6, 6.07) is 0. The average molecular weight is 368 g/mol. The number of hydrogen-bond donors (Lipinski definition) is 0. The lowest BCUT2D eigenvalue weighted by Gasteiger charge is -2.34. The fraction of sp³-hybridized carbons (Fsp3) is 0.500. The Morgan fingerprint density at radius 3 is 2.38 bits per heavy atom. The molecule has 0 atom stereocenters. The van der Waals surface area contributed by atoms with Gasteiger partial charge in [-0.3, -0.25) is 4.90 Å². The Bertz CT molecular complexity index is 585. The van der Waals surface area contributed by atoms with Gasteiger partial charge in [-0.25, -0.2) is 15.0 Å². The largest absolute Gasteiger partial charge is 0.338 e.